The molecular formula is C12H16FNO3S. The Labute approximate surface area is 106 Å². The van der Waals surface area contributed by atoms with E-state index in [1.54, 1.807) is 30.1 Å². The summed E-state index contributed by atoms with van der Waals surface area (Å²) in [7, 11) is -1.48. The van der Waals surface area contributed by atoms with Gasteiger partial charge in [-0.05, 0) is 13.1 Å². The largest absolute Gasteiger partial charge is 0.390 e. The molecule has 0 saturated carbocycles. The van der Waals surface area contributed by atoms with Crippen LogP contribution in [-0.4, -0.2) is 49.1 Å². The van der Waals surface area contributed by atoms with E-state index in [1.165, 1.54) is 6.07 Å². The Morgan fingerprint density at radius 3 is 2.61 bits per heavy atom. The highest BCUT2D eigenvalue weighted by molar-refractivity contribution is 7.91. The third kappa shape index (κ3) is 2.88. The van der Waals surface area contributed by atoms with E-state index in [0.29, 0.717) is 5.56 Å². The lowest BCUT2D eigenvalue weighted by Gasteiger charge is -2.25. The van der Waals surface area contributed by atoms with Gasteiger partial charge in [0.2, 0.25) is 0 Å². The summed E-state index contributed by atoms with van der Waals surface area (Å²) in [4.78, 5) is 1.69. The Hall–Kier alpha value is -0.980. The molecule has 0 amide bonds. The second kappa shape index (κ2) is 4.95. The number of hydrogen-bond acceptors (Lipinski definition) is 4. The van der Waals surface area contributed by atoms with Gasteiger partial charge >= 0.3 is 0 Å². The second-order valence-electron chi connectivity index (χ2n) is 4.72. The molecule has 0 aromatic heterocycles. The summed E-state index contributed by atoms with van der Waals surface area (Å²) in [5.41, 5.74) is 0.497. The summed E-state index contributed by atoms with van der Waals surface area (Å²) in [6.45, 7) is 0.282. The Morgan fingerprint density at radius 2 is 2.06 bits per heavy atom. The smallest absolute Gasteiger partial charge is 0.154 e. The predicted molar refractivity (Wildman–Crippen MR) is 66.3 cm³/mol. The summed E-state index contributed by atoms with van der Waals surface area (Å²) < 4.78 is 36.3. The van der Waals surface area contributed by atoms with Gasteiger partial charge in [0, 0.05) is 12.1 Å². The van der Waals surface area contributed by atoms with Gasteiger partial charge < -0.3 is 5.11 Å². The van der Waals surface area contributed by atoms with Crippen molar-refractivity contribution in [2.45, 2.75) is 18.7 Å². The van der Waals surface area contributed by atoms with Crippen LogP contribution >= 0.6 is 0 Å². The van der Waals surface area contributed by atoms with Crippen LogP contribution in [0.4, 0.5) is 4.39 Å². The number of aliphatic hydroxyl groups excluding tert-OH is 1. The van der Waals surface area contributed by atoms with Gasteiger partial charge in [0.05, 0.1) is 23.7 Å². The Bertz CT molecular complexity index is 532. The molecule has 1 aromatic carbocycles. The first-order chi connectivity index (χ1) is 8.39. The highest BCUT2D eigenvalue weighted by Crippen LogP contribution is 2.20. The van der Waals surface area contributed by atoms with Gasteiger partial charge in [-0.2, -0.15) is 0 Å². The molecule has 1 aliphatic heterocycles. The number of aliphatic hydroxyl groups is 1. The van der Waals surface area contributed by atoms with Crippen molar-refractivity contribution in [2.75, 3.05) is 18.6 Å². The maximum atomic E-state index is 13.5. The van der Waals surface area contributed by atoms with E-state index in [4.69, 9.17) is 0 Å². The third-order valence-corrected chi connectivity index (χ3v) is 4.94. The summed E-state index contributed by atoms with van der Waals surface area (Å²) in [5.74, 6) is -0.599. The molecule has 4 nitrogen and oxygen atoms in total. The first-order valence-electron chi connectivity index (χ1n) is 5.71. The number of nitrogens with zero attached hydrogens (tertiary/aromatic N) is 1. The first kappa shape index (κ1) is 13.5. The van der Waals surface area contributed by atoms with E-state index in [0.717, 1.165) is 0 Å². The normalized spacial score (nSPS) is 26.7. The second-order valence-corrected chi connectivity index (χ2v) is 6.87. The quantitative estimate of drug-likeness (QED) is 0.867. The standard InChI is InChI=1S/C12H16FNO3S/c1-14(6-9-4-2-3-5-10(9)13)11-7-18(16,17)8-12(11)15/h2-5,11-12,15H,6-8H2,1H3. The van der Waals surface area contributed by atoms with E-state index in [-0.39, 0.29) is 23.9 Å². The Kier molecular flexibility index (Phi) is 3.70. The van der Waals surface area contributed by atoms with Crippen molar-refractivity contribution in [1.29, 1.82) is 0 Å². The molecule has 0 bridgehead atoms. The van der Waals surface area contributed by atoms with Crippen LogP contribution in [-0.2, 0) is 16.4 Å². The lowest BCUT2D eigenvalue weighted by atomic mass is 10.1. The number of halogens is 1. The minimum absolute atomic E-state index is 0.0703. The molecule has 6 heteroatoms. The maximum Gasteiger partial charge on any atom is 0.154 e. The highest BCUT2D eigenvalue weighted by Gasteiger charge is 2.38. The molecular weight excluding hydrogens is 257 g/mol. The van der Waals surface area contributed by atoms with Crippen molar-refractivity contribution in [1.82, 2.24) is 4.90 Å². The molecule has 2 rings (SSSR count). The molecule has 1 saturated heterocycles. The van der Waals surface area contributed by atoms with Crippen molar-refractivity contribution >= 4 is 9.84 Å². The van der Waals surface area contributed by atoms with E-state index in [2.05, 4.69) is 0 Å². The maximum absolute atomic E-state index is 13.5. The lowest BCUT2D eigenvalue weighted by molar-refractivity contribution is 0.0951. The average molecular weight is 273 g/mol. The molecule has 18 heavy (non-hydrogen) atoms. The predicted octanol–water partition coefficient (Wildman–Crippen LogP) is 0.415. The van der Waals surface area contributed by atoms with Crippen molar-refractivity contribution < 1.29 is 17.9 Å². The lowest BCUT2D eigenvalue weighted by Crippen LogP contribution is -2.40. The van der Waals surface area contributed by atoms with Crippen molar-refractivity contribution in [3.05, 3.63) is 35.6 Å². The molecule has 0 radical (unpaired) electrons. The summed E-state index contributed by atoms with van der Waals surface area (Å²) in [6, 6.07) is 5.89. The first-order valence-corrected chi connectivity index (χ1v) is 7.53. The molecule has 2 unspecified atom stereocenters. The van der Waals surface area contributed by atoms with Gasteiger partial charge in [-0.15, -0.1) is 0 Å². The molecule has 0 spiro atoms. The summed E-state index contributed by atoms with van der Waals surface area (Å²) in [6.07, 6.45) is -0.897. The fourth-order valence-electron chi connectivity index (χ4n) is 2.24. The van der Waals surface area contributed by atoms with E-state index >= 15 is 0 Å². The molecule has 0 aliphatic carbocycles. The summed E-state index contributed by atoms with van der Waals surface area (Å²) >= 11 is 0. The monoisotopic (exact) mass is 273 g/mol. The van der Waals surface area contributed by atoms with Crippen LogP contribution in [0, 0.1) is 5.82 Å². The number of hydrogen-bond donors (Lipinski definition) is 1. The average Bonchev–Trinajstić information content (AvgIpc) is 2.55. The SMILES string of the molecule is CN(Cc1ccccc1F)C1CS(=O)(=O)CC1O. The van der Waals surface area contributed by atoms with Crippen molar-refractivity contribution in [2.24, 2.45) is 0 Å². The topological polar surface area (TPSA) is 57.6 Å². The van der Waals surface area contributed by atoms with E-state index in [1.807, 2.05) is 0 Å². The van der Waals surface area contributed by atoms with Crippen LogP contribution in [0.1, 0.15) is 5.56 Å². The van der Waals surface area contributed by atoms with Gasteiger partial charge in [-0.1, -0.05) is 18.2 Å². The van der Waals surface area contributed by atoms with E-state index < -0.39 is 22.0 Å². The zero-order valence-corrected chi connectivity index (χ0v) is 10.9. The molecule has 100 valence electrons. The Balaban J connectivity index is 2.09. The van der Waals surface area contributed by atoms with Crippen LogP contribution in [0.15, 0.2) is 24.3 Å². The molecule has 2 atom stereocenters. The van der Waals surface area contributed by atoms with Crippen LogP contribution in [0.3, 0.4) is 0 Å². The zero-order chi connectivity index (χ0) is 13.3. The van der Waals surface area contributed by atoms with Gasteiger partial charge in [-0.3, -0.25) is 4.90 Å². The van der Waals surface area contributed by atoms with Crippen molar-refractivity contribution in [3.63, 3.8) is 0 Å². The number of rotatable bonds is 3. The van der Waals surface area contributed by atoms with Crippen LogP contribution < -0.4 is 0 Å². The van der Waals surface area contributed by atoms with Crippen LogP contribution in [0.25, 0.3) is 0 Å². The van der Waals surface area contributed by atoms with Gasteiger partial charge in [0.25, 0.3) is 0 Å². The van der Waals surface area contributed by atoms with Crippen LogP contribution in [0.2, 0.25) is 0 Å². The van der Waals surface area contributed by atoms with E-state index in [9.17, 15) is 17.9 Å². The molecule has 1 heterocycles. The minimum Gasteiger partial charge on any atom is -0.390 e. The number of benzene rings is 1. The number of likely N-dealkylation sites (N-methyl/N-ethyl adjacent to an activating group) is 1. The molecule has 1 fully saturated rings. The fourth-order valence-corrected chi connectivity index (χ4v) is 4.12. The zero-order valence-electron chi connectivity index (χ0n) is 10.1. The Morgan fingerprint density at radius 1 is 1.39 bits per heavy atom. The molecule has 1 N–H and O–H groups in total. The van der Waals surface area contributed by atoms with Gasteiger partial charge in [-0.25, -0.2) is 12.8 Å². The van der Waals surface area contributed by atoms with Crippen LogP contribution in [0.5, 0.6) is 0 Å². The fraction of sp³-hybridized carbons (Fsp3) is 0.500. The minimum atomic E-state index is -3.18. The van der Waals surface area contributed by atoms with Gasteiger partial charge in [0.15, 0.2) is 9.84 Å². The number of sulfone groups is 1. The van der Waals surface area contributed by atoms with Gasteiger partial charge in [0.1, 0.15) is 5.82 Å². The third-order valence-electron chi connectivity index (χ3n) is 3.24. The summed E-state index contributed by atoms with van der Waals surface area (Å²) in [5, 5.41) is 9.73. The van der Waals surface area contributed by atoms with Crippen molar-refractivity contribution in [3.8, 4) is 0 Å². The molecule has 1 aliphatic rings. The highest BCUT2D eigenvalue weighted by atomic mass is 32.2. The molecule has 1 aromatic rings.